The van der Waals surface area contributed by atoms with E-state index in [1.54, 1.807) is 19.9 Å². The van der Waals surface area contributed by atoms with Gasteiger partial charge in [0, 0.05) is 22.7 Å². The Kier molecular flexibility index (Phi) is 7.41. The number of nitrogens with zero attached hydrogens (tertiary/aromatic N) is 3. The summed E-state index contributed by atoms with van der Waals surface area (Å²) in [7, 11) is 0. The second kappa shape index (κ2) is 9.90. The smallest absolute Gasteiger partial charge is 0.410 e. The van der Waals surface area contributed by atoms with Gasteiger partial charge in [0.25, 0.3) is 6.43 Å². The molecule has 176 valence electrons. The van der Waals surface area contributed by atoms with Crippen LogP contribution >= 0.6 is 15.9 Å². The molecule has 1 aromatic heterocycles. The minimum Gasteiger partial charge on any atom is -0.450 e. The summed E-state index contributed by atoms with van der Waals surface area (Å²) in [5.41, 5.74) is 4.02. The van der Waals surface area contributed by atoms with E-state index in [-0.39, 0.29) is 36.9 Å². The molecule has 7 nitrogen and oxygen atoms in total. The summed E-state index contributed by atoms with van der Waals surface area (Å²) >= 11 is 3.28. The number of pyridine rings is 1. The lowest BCUT2D eigenvalue weighted by Crippen LogP contribution is -2.55. The number of hydrogen-bond donors (Lipinski definition) is 1. The highest BCUT2D eigenvalue weighted by Gasteiger charge is 2.49. The van der Waals surface area contributed by atoms with Crippen LogP contribution in [-0.4, -0.2) is 53.7 Å². The van der Waals surface area contributed by atoms with Crippen LogP contribution in [0.4, 0.5) is 18.0 Å². The van der Waals surface area contributed by atoms with E-state index in [1.807, 2.05) is 0 Å². The van der Waals surface area contributed by atoms with Crippen molar-refractivity contribution in [2.24, 2.45) is 10.7 Å². The van der Waals surface area contributed by atoms with Crippen LogP contribution in [0.25, 0.3) is 0 Å². The summed E-state index contributed by atoms with van der Waals surface area (Å²) in [6.07, 6.45) is -2.76. The SMILES string of the molecule is CCOC(=O)N1CC(N)=NC(c2cc(CC(=O)c3ncc(Br)cc3C)ccc2F)(C(F)F)C1. The molecule has 0 spiro atoms. The van der Waals surface area contributed by atoms with Crippen LogP contribution in [0.1, 0.15) is 34.1 Å². The van der Waals surface area contributed by atoms with Gasteiger partial charge in [-0.3, -0.25) is 19.7 Å². The van der Waals surface area contributed by atoms with Crippen molar-refractivity contribution in [3.63, 3.8) is 0 Å². The van der Waals surface area contributed by atoms with Gasteiger partial charge in [-0.25, -0.2) is 18.0 Å². The number of ether oxygens (including phenoxy) is 1. The lowest BCUT2D eigenvalue weighted by molar-refractivity contribution is 0.0209. The van der Waals surface area contributed by atoms with E-state index in [0.717, 1.165) is 11.0 Å². The van der Waals surface area contributed by atoms with E-state index in [1.165, 1.54) is 18.3 Å². The zero-order valence-corrected chi connectivity index (χ0v) is 19.5. The molecule has 0 saturated heterocycles. The Balaban J connectivity index is 2.00. The molecule has 0 bridgehead atoms. The molecule has 3 rings (SSSR count). The normalized spacial score (nSPS) is 18.3. The molecule has 1 aromatic carbocycles. The molecule has 1 atom stereocenters. The van der Waals surface area contributed by atoms with Gasteiger partial charge in [0.1, 0.15) is 17.3 Å². The molecule has 0 aliphatic carbocycles. The highest BCUT2D eigenvalue weighted by molar-refractivity contribution is 9.10. The van der Waals surface area contributed by atoms with Gasteiger partial charge < -0.3 is 10.5 Å². The summed E-state index contributed by atoms with van der Waals surface area (Å²) in [4.78, 5) is 33.9. The van der Waals surface area contributed by atoms with Crippen molar-refractivity contribution in [2.75, 3.05) is 19.7 Å². The maximum absolute atomic E-state index is 14.9. The van der Waals surface area contributed by atoms with Gasteiger partial charge in [0.15, 0.2) is 11.3 Å². The molecule has 2 heterocycles. The highest BCUT2D eigenvalue weighted by atomic mass is 79.9. The predicted octanol–water partition coefficient (Wildman–Crippen LogP) is 4.01. The van der Waals surface area contributed by atoms with Crippen molar-refractivity contribution in [2.45, 2.75) is 32.2 Å². The van der Waals surface area contributed by atoms with E-state index in [2.05, 4.69) is 25.9 Å². The fourth-order valence-electron chi connectivity index (χ4n) is 3.71. The molecular weight excluding hydrogens is 505 g/mol. The predicted molar refractivity (Wildman–Crippen MR) is 119 cm³/mol. The molecule has 2 aromatic rings. The number of aromatic nitrogens is 1. The second-order valence-corrected chi connectivity index (χ2v) is 8.53. The Labute approximate surface area is 197 Å². The van der Waals surface area contributed by atoms with E-state index < -0.39 is 36.0 Å². The van der Waals surface area contributed by atoms with Crippen LogP contribution < -0.4 is 5.73 Å². The quantitative estimate of drug-likeness (QED) is 0.573. The van der Waals surface area contributed by atoms with Gasteiger partial charge in [-0.1, -0.05) is 6.07 Å². The molecule has 1 aliphatic heterocycles. The van der Waals surface area contributed by atoms with Crippen molar-refractivity contribution in [3.8, 4) is 0 Å². The van der Waals surface area contributed by atoms with E-state index in [4.69, 9.17) is 10.5 Å². The summed E-state index contributed by atoms with van der Waals surface area (Å²) in [6, 6.07) is 5.23. The van der Waals surface area contributed by atoms with E-state index in [0.29, 0.717) is 15.6 Å². The first-order valence-corrected chi connectivity index (χ1v) is 10.8. The number of alkyl halides is 2. The maximum atomic E-state index is 14.9. The third-order valence-corrected chi connectivity index (χ3v) is 5.62. The van der Waals surface area contributed by atoms with Crippen LogP contribution in [0.2, 0.25) is 0 Å². The second-order valence-electron chi connectivity index (χ2n) is 7.62. The summed E-state index contributed by atoms with van der Waals surface area (Å²) < 4.78 is 49.2. The van der Waals surface area contributed by atoms with Gasteiger partial charge in [-0.05, 0) is 59.1 Å². The monoisotopic (exact) mass is 526 g/mol. The molecule has 0 fully saturated rings. The Morgan fingerprint density at radius 2 is 2.06 bits per heavy atom. The molecule has 11 heteroatoms. The number of aliphatic imine (C=N–C) groups is 1. The van der Waals surface area contributed by atoms with Gasteiger partial charge in [-0.2, -0.15) is 0 Å². The van der Waals surface area contributed by atoms with E-state index in [9.17, 15) is 22.8 Å². The standard InChI is InChI=1S/C22H22BrF3N4O3/c1-3-33-21(32)30-10-18(27)29-22(11-30,20(25)26)15-7-13(4-5-16(15)24)8-17(31)19-12(2)6-14(23)9-28-19/h4-7,9,20H,3,8,10-11H2,1-2H3,(H2,27,29). The van der Waals surface area contributed by atoms with Crippen molar-refractivity contribution < 1.29 is 27.5 Å². The number of halogens is 4. The average Bonchev–Trinajstić information content (AvgIpc) is 2.74. The van der Waals surface area contributed by atoms with Crippen LogP contribution in [0, 0.1) is 12.7 Å². The number of amidine groups is 1. The number of aryl methyl sites for hydroxylation is 1. The number of hydrogen-bond acceptors (Lipinski definition) is 6. The zero-order valence-electron chi connectivity index (χ0n) is 17.9. The molecule has 1 unspecified atom stereocenters. The molecule has 0 saturated carbocycles. The van der Waals surface area contributed by atoms with Crippen LogP contribution in [-0.2, 0) is 16.7 Å². The van der Waals surface area contributed by atoms with Crippen LogP contribution in [0.3, 0.4) is 0 Å². The van der Waals surface area contributed by atoms with E-state index >= 15 is 0 Å². The van der Waals surface area contributed by atoms with Gasteiger partial charge in [0.2, 0.25) is 0 Å². The number of nitrogens with two attached hydrogens (primary N) is 1. The number of ketones is 1. The lowest BCUT2D eigenvalue weighted by Gasteiger charge is -2.39. The number of carbonyl (C=O) groups is 2. The molecule has 1 aliphatic rings. The van der Waals surface area contributed by atoms with Crippen LogP contribution in [0.15, 0.2) is 39.9 Å². The van der Waals surface area contributed by atoms with Crippen molar-refractivity contribution >= 4 is 33.6 Å². The Hall–Kier alpha value is -2.95. The average molecular weight is 527 g/mol. The number of carbonyl (C=O) groups excluding carboxylic acids is 2. The first kappa shape index (κ1) is 24.7. The summed E-state index contributed by atoms with van der Waals surface area (Å²) in [6.45, 7) is 2.47. The number of Topliss-reactive ketones (excluding diaryl/α,β-unsaturated/α-hetero) is 1. The minimum atomic E-state index is -3.19. The minimum absolute atomic E-state index is 0.0313. The summed E-state index contributed by atoms with van der Waals surface area (Å²) in [5.74, 6) is -1.57. The van der Waals surface area contributed by atoms with Gasteiger partial charge in [-0.15, -0.1) is 0 Å². The third-order valence-electron chi connectivity index (χ3n) is 5.19. The fourth-order valence-corrected chi connectivity index (χ4v) is 4.16. The van der Waals surface area contributed by atoms with Crippen LogP contribution in [0.5, 0.6) is 0 Å². The lowest BCUT2D eigenvalue weighted by atomic mass is 9.86. The number of rotatable bonds is 6. The third kappa shape index (κ3) is 5.18. The fraction of sp³-hybridized carbons (Fsp3) is 0.364. The molecular formula is C22H22BrF3N4O3. The molecule has 2 N–H and O–H groups in total. The van der Waals surface area contributed by atoms with Crippen molar-refractivity contribution in [1.29, 1.82) is 0 Å². The number of amides is 1. The first-order chi connectivity index (χ1) is 15.6. The first-order valence-electron chi connectivity index (χ1n) is 10.1. The van der Waals surface area contributed by atoms with Crippen molar-refractivity contribution in [1.82, 2.24) is 9.88 Å². The summed E-state index contributed by atoms with van der Waals surface area (Å²) in [5, 5.41) is 0. The number of benzene rings is 1. The maximum Gasteiger partial charge on any atom is 0.410 e. The molecule has 1 amide bonds. The topological polar surface area (TPSA) is 97.9 Å². The zero-order chi connectivity index (χ0) is 24.3. The Morgan fingerprint density at radius 3 is 2.70 bits per heavy atom. The van der Waals surface area contributed by atoms with Gasteiger partial charge in [0.05, 0.1) is 19.7 Å². The molecule has 33 heavy (non-hydrogen) atoms. The Morgan fingerprint density at radius 1 is 1.33 bits per heavy atom. The molecule has 0 radical (unpaired) electrons. The Bertz CT molecular complexity index is 1110. The largest absolute Gasteiger partial charge is 0.450 e. The van der Waals surface area contributed by atoms with Gasteiger partial charge >= 0.3 is 6.09 Å². The van der Waals surface area contributed by atoms with Crippen molar-refractivity contribution in [3.05, 3.63) is 63.1 Å². The highest BCUT2D eigenvalue weighted by Crippen LogP contribution is 2.38.